The van der Waals surface area contributed by atoms with E-state index in [-0.39, 0.29) is 12.1 Å². The molecule has 0 saturated carbocycles. The molecule has 0 spiro atoms. The first kappa shape index (κ1) is 16.6. The van der Waals surface area contributed by atoms with Crippen LogP contribution in [-0.2, 0) is 28.5 Å². The third-order valence-electron chi connectivity index (χ3n) is 5.46. The summed E-state index contributed by atoms with van der Waals surface area (Å²) in [5.41, 5.74) is 2.42. The van der Waals surface area contributed by atoms with E-state index < -0.39 is 5.41 Å². The Balaban J connectivity index is 1.73. The number of esters is 1. The maximum absolute atomic E-state index is 13.1. The minimum absolute atomic E-state index is 0.161. The number of aryl methyl sites for hydroxylation is 1. The highest BCUT2D eigenvalue weighted by molar-refractivity contribution is 5.89. The van der Waals surface area contributed by atoms with Crippen LogP contribution in [0.4, 0.5) is 0 Å². The summed E-state index contributed by atoms with van der Waals surface area (Å²) < 4.78 is 10.1. The number of hydrogen-bond donors (Lipinski definition) is 0. The second-order valence-corrected chi connectivity index (χ2v) is 6.97. The number of rotatable bonds is 4. The zero-order chi connectivity index (χ0) is 18.1. The molecule has 2 aromatic carbocycles. The molecule has 1 saturated heterocycles. The summed E-state index contributed by atoms with van der Waals surface area (Å²) in [5, 5.41) is 0. The Hall–Kier alpha value is -2.88. The largest absolute Gasteiger partial charge is 0.455 e. The molecule has 132 valence electrons. The molecule has 1 aliphatic rings. The molecule has 0 radical (unpaired) electrons. The van der Waals surface area contributed by atoms with Gasteiger partial charge in [0, 0.05) is 12.5 Å². The Kier molecular flexibility index (Phi) is 4.11. The number of carbonyl (C=O) groups excluding carboxylic acids is 1. The number of benzene rings is 2. The molecule has 26 heavy (non-hydrogen) atoms. The fourth-order valence-electron chi connectivity index (χ4n) is 3.90. The van der Waals surface area contributed by atoms with Crippen LogP contribution in [0, 0.1) is 6.92 Å². The Bertz CT molecular complexity index is 876. The average molecular weight is 347 g/mol. The molecule has 2 heterocycles. The third kappa shape index (κ3) is 2.62. The molecule has 1 fully saturated rings. The smallest absolute Gasteiger partial charge is 0.321 e. The van der Waals surface area contributed by atoms with Crippen LogP contribution in [0.5, 0.6) is 0 Å². The second kappa shape index (κ2) is 6.45. The fraction of sp³-hybridized carbons (Fsp3) is 0.273. The monoisotopic (exact) mass is 347 g/mol. The van der Waals surface area contributed by atoms with E-state index in [0.717, 1.165) is 11.1 Å². The van der Waals surface area contributed by atoms with Gasteiger partial charge in [-0.2, -0.15) is 4.68 Å². The molecular weight excluding hydrogens is 324 g/mol. The standard InChI is InChI=1S/C22H23N2O2/c1-17-13-14-24(23(17)2)16-20-15-22(21(25)26-20,18-9-5-3-6-10-18)19-11-7-4-8-12-19/h3-14,20H,15-16H2,1-2H3/q+1. The number of aromatic nitrogens is 2. The van der Waals surface area contributed by atoms with Gasteiger partial charge in [0.1, 0.15) is 5.41 Å². The highest BCUT2D eigenvalue weighted by Crippen LogP contribution is 2.43. The molecule has 4 heteroatoms. The van der Waals surface area contributed by atoms with Crippen molar-refractivity contribution in [3.8, 4) is 0 Å². The summed E-state index contributed by atoms with van der Waals surface area (Å²) in [7, 11) is 2.02. The van der Waals surface area contributed by atoms with Crippen molar-refractivity contribution in [2.75, 3.05) is 0 Å². The Morgan fingerprint density at radius 1 is 1.04 bits per heavy atom. The van der Waals surface area contributed by atoms with Gasteiger partial charge in [0.05, 0.1) is 12.7 Å². The first-order chi connectivity index (χ1) is 12.6. The molecule has 4 rings (SSSR count). The predicted octanol–water partition coefficient (Wildman–Crippen LogP) is 2.92. The highest BCUT2D eigenvalue weighted by atomic mass is 16.6. The summed E-state index contributed by atoms with van der Waals surface area (Å²) in [6.45, 7) is 2.72. The summed E-state index contributed by atoms with van der Waals surface area (Å²) in [6.07, 6.45) is 2.51. The molecule has 0 amide bonds. The van der Waals surface area contributed by atoms with Crippen molar-refractivity contribution in [2.24, 2.45) is 7.05 Å². The van der Waals surface area contributed by atoms with E-state index in [4.69, 9.17) is 4.74 Å². The predicted molar refractivity (Wildman–Crippen MR) is 98.5 cm³/mol. The van der Waals surface area contributed by atoms with Crippen LogP contribution in [0.15, 0.2) is 72.9 Å². The molecular formula is C22H23N2O2+. The van der Waals surface area contributed by atoms with Crippen LogP contribution >= 0.6 is 0 Å². The molecule has 1 unspecified atom stereocenters. The minimum atomic E-state index is -0.742. The van der Waals surface area contributed by atoms with Crippen LogP contribution in [0.25, 0.3) is 0 Å². The molecule has 1 aliphatic heterocycles. The van der Waals surface area contributed by atoms with E-state index in [1.165, 1.54) is 5.69 Å². The first-order valence-corrected chi connectivity index (χ1v) is 8.95. The Morgan fingerprint density at radius 2 is 1.62 bits per heavy atom. The van der Waals surface area contributed by atoms with Gasteiger partial charge in [0.15, 0.2) is 12.3 Å². The summed E-state index contributed by atoms with van der Waals surface area (Å²) in [6, 6.07) is 22.0. The zero-order valence-corrected chi connectivity index (χ0v) is 15.1. The Morgan fingerprint density at radius 3 is 2.12 bits per heavy atom. The molecule has 3 aromatic rings. The lowest BCUT2D eigenvalue weighted by Crippen LogP contribution is -2.46. The van der Waals surface area contributed by atoms with Crippen molar-refractivity contribution in [1.29, 1.82) is 0 Å². The summed E-state index contributed by atoms with van der Waals surface area (Å²) in [4.78, 5) is 13.1. The highest BCUT2D eigenvalue weighted by Gasteiger charge is 2.52. The van der Waals surface area contributed by atoms with Crippen molar-refractivity contribution in [3.05, 3.63) is 89.7 Å². The number of cyclic esters (lactones) is 1. The molecule has 0 bridgehead atoms. The maximum Gasteiger partial charge on any atom is 0.321 e. The van der Waals surface area contributed by atoms with Gasteiger partial charge in [-0.3, -0.25) is 4.79 Å². The van der Waals surface area contributed by atoms with Crippen molar-refractivity contribution in [3.63, 3.8) is 0 Å². The van der Waals surface area contributed by atoms with Crippen LogP contribution in [0.3, 0.4) is 0 Å². The zero-order valence-electron chi connectivity index (χ0n) is 15.1. The SMILES string of the molecule is Cc1cc[n+](CC2CC(c3ccccc3)(c3ccccc3)C(=O)O2)n1C. The van der Waals surface area contributed by atoms with Crippen LogP contribution in [0.1, 0.15) is 23.2 Å². The van der Waals surface area contributed by atoms with Crippen LogP contribution in [-0.4, -0.2) is 16.8 Å². The van der Waals surface area contributed by atoms with Gasteiger partial charge in [-0.05, 0) is 18.1 Å². The number of carbonyl (C=O) groups is 1. The lowest BCUT2D eigenvalue weighted by molar-refractivity contribution is -0.778. The van der Waals surface area contributed by atoms with Gasteiger partial charge in [-0.15, -0.1) is 4.68 Å². The van der Waals surface area contributed by atoms with Crippen LogP contribution < -0.4 is 4.68 Å². The normalized spacial score (nSPS) is 18.7. The molecule has 4 nitrogen and oxygen atoms in total. The maximum atomic E-state index is 13.1. The van der Waals surface area contributed by atoms with Gasteiger partial charge in [0.2, 0.25) is 6.54 Å². The second-order valence-electron chi connectivity index (χ2n) is 6.97. The van der Waals surface area contributed by atoms with E-state index in [2.05, 4.69) is 22.4 Å². The Labute approximate surface area is 153 Å². The van der Waals surface area contributed by atoms with Crippen molar-refractivity contribution in [2.45, 2.75) is 31.4 Å². The minimum Gasteiger partial charge on any atom is -0.455 e. The van der Waals surface area contributed by atoms with E-state index >= 15 is 0 Å². The molecule has 0 aliphatic carbocycles. The average Bonchev–Trinajstić information content (AvgIpc) is 3.18. The lowest BCUT2D eigenvalue weighted by Gasteiger charge is -2.26. The van der Waals surface area contributed by atoms with Gasteiger partial charge in [-0.25, -0.2) is 0 Å². The van der Waals surface area contributed by atoms with E-state index in [9.17, 15) is 4.79 Å². The summed E-state index contributed by atoms with van der Waals surface area (Å²) >= 11 is 0. The van der Waals surface area contributed by atoms with Crippen molar-refractivity contribution >= 4 is 5.97 Å². The quantitative estimate of drug-likeness (QED) is 0.537. The number of hydrogen-bond acceptors (Lipinski definition) is 2. The first-order valence-electron chi connectivity index (χ1n) is 8.95. The van der Waals surface area contributed by atoms with Gasteiger partial charge < -0.3 is 4.74 Å². The van der Waals surface area contributed by atoms with E-state index in [1.54, 1.807) is 0 Å². The third-order valence-corrected chi connectivity index (χ3v) is 5.46. The van der Waals surface area contributed by atoms with Crippen molar-refractivity contribution in [1.82, 2.24) is 4.68 Å². The summed E-state index contributed by atoms with van der Waals surface area (Å²) in [5.74, 6) is -0.161. The van der Waals surface area contributed by atoms with Crippen molar-refractivity contribution < 1.29 is 14.2 Å². The topological polar surface area (TPSA) is 35.1 Å². The molecule has 1 aromatic heterocycles. The number of ether oxygens (including phenoxy) is 1. The van der Waals surface area contributed by atoms with E-state index in [1.807, 2.05) is 73.9 Å². The lowest BCUT2D eigenvalue weighted by atomic mass is 9.72. The van der Waals surface area contributed by atoms with Gasteiger partial charge >= 0.3 is 5.97 Å². The number of nitrogens with zero attached hydrogens (tertiary/aromatic N) is 2. The van der Waals surface area contributed by atoms with Crippen LogP contribution in [0.2, 0.25) is 0 Å². The van der Waals surface area contributed by atoms with Gasteiger partial charge in [0.25, 0.3) is 0 Å². The fourth-order valence-corrected chi connectivity index (χ4v) is 3.90. The molecule has 1 atom stereocenters. The van der Waals surface area contributed by atoms with Gasteiger partial charge in [-0.1, -0.05) is 60.7 Å². The van der Waals surface area contributed by atoms with E-state index in [0.29, 0.717) is 13.0 Å². The molecule has 0 N–H and O–H groups in total.